The Morgan fingerprint density at radius 1 is 0.575 bits per heavy atom. The van der Waals surface area contributed by atoms with Gasteiger partial charge in [0.25, 0.3) is 0 Å². The number of hydrogen-bond donors (Lipinski definition) is 1. The number of nitrogens with zero attached hydrogens (tertiary/aromatic N) is 14. The van der Waals surface area contributed by atoms with Gasteiger partial charge in [-0.3, -0.25) is 14.8 Å². The van der Waals surface area contributed by atoms with Gasteiger partial charge in [0.1, 0.15) is 57.2 Å². The van der Waals surface area contributed by atoms with E-state index in [0.29, 0.717) is 64.3 Å². The van der Waals surface area contributed by atoms with Gasteiger partial charge in [0.2, 0.25) is 5.28 Å². The van der Waals surface area contributed by atoms with Crippen LogP contribution in [0.3, 0.4) is 0 Å². The van der Waals surface area contributed by atoms with Gasteiger partial charge in [-0.25, -0.2) is 62.0 Å². The zero-order valence-electron chi connectivity index (χ0n) is 51.1. The van der Waals surface area contributed by atoms with Crippen molar-refractivity contribution in [1.82, 2.24) is 68.6 Å². The zero-order valence-corrected chi connectivity index (χ0v) is 51.9. The van der Waals surface area contributed by atoms with E-state index in [2.05, 4.69) is 49.7 Å². The van der Waals surface area contributed by atoms with Crippen molar-refractivity contribution in [3.05, 3.63) is 136 Å². The Morgan fingerprint density at radius 3 is 1.44 bits per heavy atom. The quantitative estimate of drug-likeness (QED) is 0.0999. The number of fused-ring (bicyclic) bond motifs is 4. The molecule has 87 heavy (non-hydrogen) atoms. The van der Waals surface area contributed by atoms with Crippen LogP contribution >= 0.6 is 11.6 Å². The first-order valence-corrected chi connectivity index (χ1v) is 29.6. The van der Waals surface area contributed by atoms with Crippen LogP contribution in [0.4, 0.5) is 33.0 Å². The number of hydrogen-bond acceptors (Lipinski definition) is 15. The second kappa shape index (κ2) is 24.7. The van der Waals surface area contributed by atoms with Gasteiger partial charge in [0.05, 0.1) is 41.9 Å². The molecule has 0 radical (unpaired) electrons. The molecule has 10 heterocycles. The Hall–Kier alpha value is -7.89. The summed E-state index contributed by atoms with van der Waals surface area (Å²) in [5, 5.41) is 0.265. The van der Waals surface area contributed by atoms with Gasteiger partial charge in [-0.15, -0.1) is 0 Å². The van der Waals surface area contributed by atoms with E-state index in [-0.39, 0.29) is 69.6 Å². The van der Waals surface area contributed by atoms with Gasteiger partial charge in [-0.2, -0.15) is 0 Å². The number of benzene rings is 2. The largest absolute Gasteiger partial charge is 0.444 e. The number of aryl methyl sites for hydroxylation is 2. The lowest BCUT2D eigenvalue weighted by Crippen LogP contribution is -2.59. The minimum atomic E-state index is -0.541. The number of carbonyl (C=O) groups is 2. The molecule has 8 aromatic rings. The smallest absolute Gasteiger partial charge is 0.410 e. The van der Waals surface area contributed by atoms with Crippen LogP contribution in [0.1, 0.15) is 116 Å². The molecule has 4 atom stereocenters. The predicted octanol–water partition coefficient (Wildman–Crippen LogP) is 11.7. The number of aromatic nitrogens is 10. The van der Waals surface area contributed by atoms with E-state index in [1.807, 2.05) is 102 Å². The summed E-state index contributed by atoms with van der Waals surface area (Å²) in [7, 11) is 0. The Labute approximate surface area is 508 Å². The fraction of sp³-hybridized carbons (Fsp3) is 0.460. The minimum Gasteiger partial charge on any atom is -0.444 e. The third-order valence-corrected chi connectivity index (χ3v) is 16.0. The predicted molar refractivity (Wildman–Crippen MR) is 323 cm³/mol. The first-order chi connectivity index (χ1) is 41.1. The fourth-order valence-electron chi connectivity index (χ4n) is 12.0. The van der Waals surface area contributed by atoms with Gasteiger partial charge in [-0.05, 0) is 142 Å². The highest BCUT2D eigenvalue weighted by molar-refractivity contribution is 6.28. The van der Waals surface area contributed by atoms with Crippen molar-refractivity contribution >= 4 is 51.7 Å². The number of nitrogen functional groups attached to an aromatic ring is 1. The number of likely N-dealkylation sites (tertiary alicyclic amines) is 4. The van der Waals surface area contributed by atoms with Gasteiger partial charge in [0.15, 0.2) is 11.6 Å². The van der Waals surface area contributed by atoms with Gasteiger partial charge >= 0.3 is 12.2 Å². The van der Waals surface area contributed by atoms with Crippen molar-refractivity contribution in [1.29, 1.82) is 0 Å². The highest BCUT2D eigenvalue weighted by Crippen LogP contribution is 2.37. The van der Waals surface area contributed by atoms with E-state index in [1.54, 1.807) is 43.0 Å². The maximum atomic E-state index is 15.1. The van der Waals surface area contributed by atoms with Crippen LogP contribution in [0.25, 0.3) is 44.3 Å². The zero-order chi connectivity index (χ0) is 62.6. The van der Waals surface area contributed by atoms with Crippen LogP contribution in [0, 0.1) is 49.0 Å². The number of halogens is 5. The number of amides is 2. The molecule has 19 nitrogen and oxygen atoms in total. The highest BCUT2D eigenvalue weighted by atomic mass is 35.5. The number of anilines is 1. The average Bonchev–Trinajstić information content (AvgIpc) is 1.76. The summed E-state index contributed by atoms with van der Waals surface area (Å²) in [4.78, 5) is 66.6. The van der Waals surface area contributed by atoms with Crippen molar-refractivity contribution in [3.8, 4) is 22.3 Å². The number of ether oxygens (including phenoxy) is 2. The van der Waals surface area contributed by atoms with E-state index >= 15 is 4.39 Å². The summed E-state index contributed by atoms with van der Waals surface area (Å²) in [6.07, 6.45) is 9.16. The van der Waals surface area contributed by atoms with Crippen LogP contribution in [-0.2, 0) is 29.0 Å². The first kappa shape index (κ1) is 62.2. The summed E-state index contributed by atoms with van der Waals surface area (Å²) in [5.41, 5.74) is 10.4. The van der Waals surface area contributed by atoms with Crippen molar-refractivity contribution < 1.29 is 36.6 Å². The second-order valence-electron chi connectivity index (χ2n) is 25.5. The molecular formula is C63H74ClF4N15O4. The van der Waals surface area contributed by atoms with E-state index < -0.39 is 34.5 Å². The van der Waals surface area contributed by atoms with E-state index in [9.17, 15) is 22.8 Å². The molecular weight excluding hydrogens is 1140 g/mol. The molecule has 2 amide bonds. The lowest BCUT2D eigenvalue weighted by Gasteiger charge is -2.43. The third kappa shape index (κ3) is 13.9. The SMILES string of the molecule is CC(C)(C)OC(=O)N1C[C@@H]2CN(Cc3cnc(Cl)nc3)C[C@@H]21.Cc1nc2c(F)cc(-c3cc(Cc4ncc(CN5C[C@H]6CN(C(=O)OC(C)(C)C)[C@H]6C5)cn4)ncc3F)cc2n1C(C)C.Cc1nc2c(F)cc(-c3cc(N)ncc3F)cc2n1C(C)C. The number of imidazole rings is 2. The summed E-state index contributed by atoms with van der Waals surface area (Å²) in [6.45, 7) is 29.5. The Morgan fingerprint density at radius 2 is 1.00 bits per heavy atom. The topological polar surface area (TPSA) is 205 Å². The Kier molecular flexibility index (Phi) is 17.7. The number of carbonyl (C=O) groups excluding carboxylic acids is 2. The molecule has 2 N–H and O–H groups in total. The van der Waals surface area contributed by atoms with Gasteiger partial charge < -0.3 is 34.1 Å². The number of pyridine rings is 2. The fourth-order valence-corrected chi connectivity index (χ4v) is 12.1. The molecule has 0 bridgehead atoms. The van der Waals surface area contributed by atoms with E-state index in [4.69, 9.17) is 26.8 Å². The first-order valence-electron chi connectivity index (χ1n) is 29.2. The molecule has 24 heteroatoms. The molecule has 0 spiro atoms. The van der Waals surface area contributed by atoms with Crippen LogP contribution in [0.2, 0.25) is 5.28 Å². The molecule has 0 aliphatic carbocycles. The molecule has 4 saturated heterocycles. The molecule has 4 fully saturated rings. The minimum absolute atomic E-state index is 0.0742. The Bertz CT molecular complexity index is 3850. The monoisotopic (exact) mass is 1220 g/mol. The van der Waals surface area contributed by atoms with Crippen LogP contribution in [-0.4, -0.2) is 143 Å². The molecule has 4 aliphatic heterocycles. The normalized spacial score (nSPS) is 18.5. The summed E-state index contributed by atoms with van der Waals surface area (Å²) in [6, 6.07) is 9.78. The molecule has 460 valence electrons. The average molecular weight is 1220 g/mol. The molecule has 0 unspecified atom stereocenters. The molecule has 4 aliphatic rings. The maximum absolute atomic E-state index is 15.1. The van der Waals surface area contributed by atoms with Crippen LogP contribution < -0.4 is 5.73 Å². The third-order valence-electron chi connectivity index (χ3n) is 15.8. The summed E-state index contributed by atoms with van der Waals surface area (Å²) in [5.74, 6) is 1.12. The molecule has 6 aromatic heterocycles. The second-order valence-corrected chi connectivity index (χ2v) is 25.8. The summed E-state index contributed by atoms with van der Waals surface area (Å²) < 4.78 is 73.2. The molecule has 2 aromatic carbocycles. The van der Waals surface area contributed by atoms with Gasteiger partial charge in [0, 0.05) is 129 Å². The van der Waals surface area contributed by atoms with Crippen molar-refractivity contribution in [2.75, 3.05) is 45.0 Å². The number of nitrogens with two attached hydrogens (primary N) is 1. The van der Waals surface area contributed by atoms with E-state index in [0.717, 1.165) is 75.2 Å². The highest BCUT2D eigenvalue weighted by Gasteiger charge is 2.50. The lowest BCUT2D eigenvalue weighted by molar-refractivity contribution is -0.0172. The lowest BCUT2D eigenvalue weighted by atomic mass is 9.93. The van der Waals surface area contributed by atoms with Crippen LogP contribution in [0.15, 0.2) is 73.6 Å². The van der Waals surface area contributed by atoms with Crippen LogP contribution in [0.5, 0.6) is 0 Å². The molecule has 12 rings (SSSR count). The van der Waals surface area contributed by atoms with Gasteiger partial charge in [-0.1, -0.05) is 0 Å². The summed E-state index contributed by atoms with van der Waals surface area (Å²) >= 11 is 5.70. The Balaban J connectivity index is 0.000000160. The van der Waals surface area contributed by atoms with Crippen molar-refractivity contribution in [3.63, 3.8) is 0 Å². The molecule has 0 saturated carbocycles. The van der Waals surface area contributed by atoms with Crippen molar-refractivity contribution in [2.45, 2.75) is 138 Å². The number of rotatable bonds is 10. The maximum Gasteiger partial charge on any atom is 0.410 e. The standard InChI is InChI=1S/C32H37F2N7O2.C16H16F2N4.C15H21ClN4O2/c1-18(2)41-19(3)38-30-25(33)7-21(8-27(30)41)24-9-23(35-13-26(24)34)10-29-36-11-20(12-37-29)14-39-15-22-16-40(28(22)17-39)31(42)43-32(4,5)6;1-8(2)22-9(3)21-16-12(17)4-10(5-14(16)22)11-6-15(19)20-7-13(11)18;1-15(2,3)22-14(21)20-8-11-7-19(9-12(11)20)6-10-4-17-13(16)18-5-10/h7-9,11-13,18,22,28H,10,14-17H2,1-6H3;4-8H,1-3H3,(H2,19,20);4-5,11-12H,6-9H2,1-3H3/t22-,28-;;11-,12-/m0.0/s1. The van der Waals surface area contributed by atoms with E-state index in [1.165, 1.54) is 18.2 Å². The van der Waals surface area contributed by atoms with Crippen molar-refractivity contribution in [2.24, 2.45) is 11.8 Å².